The number of aromatic nitrogens is 1. The summed E-state index contributed by atoms with van der Waals surface area (Å²) in [6, 6.07) is 26.0. The fourth-order valence-electron chi connectivity index (χ4n) is 2.89. The summed E-state index contributed by atoms with van der Waals surface area (Å²) < 4.78 is 2.09. The maximum atomic E-state index is 2.25. The van der Waals surface area contributed by atoms with Crippen molar-refractivity contribution < 1.29 is 4.57 Å². The van der Waals surface area contributed by atoms with Crippen LogP contribution in [0, 0.1) is 0 Å². The van der Waals surface area contributed by atoms with Crippen LogP contribution in [0.2, 0.25) is 0 Å². The van der Waals surface area contributed by atoms with Crippen molar-refractivity contribution in [2.75, 3.05) is 0 Å². The minimum Gasteiger partial charge on any atom is -0.208 e. The SMILES string of the molecule is C[n+]1ccc(C(Cc2ccccc2)Cc2ccccc2)cc1. The third kappa shape index (κ3) is 3.82. The summed E-state index contributed by atoms with van der Waals surface area (Å²) in [4.78, 5) is 0. The average Bonchev–Trinajstić information content (AvgIpc) is 2.57. The van der Waals surface area contributed by atoms with Gasteiger partial charge in [-0.25, -0.2) is 4.57 Å². The second kappa shape index (κ2) is 7.04. The topological polar surface area (TPSA) is 3.88 Å². The maximum absolute atomic E-state index is 2.25. The largest absolute Gasteiger partial charge is 0.208 e. The lowest BCUT2D eigenvalue weighted by molar-refractivity contribution is -0.671. The molecule has 0 unspecified atom stereocenters. The Morgan fingerprint density at radius 3 is 1.59 bits per heavy atom. The highest BCUT2D eigenvalue weighted by atomic mass is 14.9. The third-order valence-corrected chi connectivity index (χ3v) is 4.13. The van der Waals surface area contributed by atoms with Crippen molar-refractivity contribution in [1.82, 2.24) is 0 Å². The molecular formula is C21H22N+. The van der Waals surface area contributed by atoms with Gasteiger partial charge in [-0.3, -0.25) is 0 Å². The van der Waals surface area contributed by atoms with Gasteiger partial charge < -0.3 is 0 Å². The Bertz CT molecular complexity index is 645. The number of pyridine rings is 1. The summed E-state index contributed by atoms with van der Waals surface area (Å²) in [5.41, 5.74) is 4.21. The summed E-state index contributed by atoms with van der Waals surface area (Å²) in [6.45, 7) is 0. The summed E-state index contributed by atoms with van der Waals surface area (Å²) in [5.74, 6) is 0.506. The predicted octanol–water partition coefficient (Wildman–Crippen LogP) is 4.08. The Balaban J connectivity index is 1.86. The lowest BCUT2D eigenvalue weighted by Gasteiger charge is -2.17. The summed E-state index contributed by atoms with van der Waals surface area (Å²) in [7, 11) is 2.06. The van der Waals surface area contributed by atoms with E-state index in [1.165, 1.54) is 16.7 Å². The van der Waals surface area contributed by atoms with Gasteiger partial charge in [0.25, 0.3) is 0 Å². The van der Waals surface area contributed by atoms with E-state index in [2.05, 4.69) is 96.8 Å². The molecule has 110 valence electrons. The van der Waals surface area contributed by atoms with Crippen LogP contribution in [0.3, 0.4) is 0 Å². The van der Waals surface area contributed by atoms with Gasteiger partial charge in [-0.2, -0.15) is 0 Å². The Kier molecular flexibility index (Phi) is 4.65. The quantitative estimate of drug-likeness (QED) is 0.623. The van der Waals surface area contributed by atoms with E-state index in [0.29, 0.717) is 5.92 Å². The van der Waals surface area contributed by atoms with E-state index in [1.54, 1.807) is 0 Å². The van der Waals surface area contributed by atoms with Crippen molar-refractivity contribution in [2.24, 2.45) is 7.05 Å². The first-order valence-electron chi connectivity index (χ1n) is 7.84. The number of rotatable bonds is 5. The first kappa shape index (κ1) is 14.5. The molecule has 0 saturated carbocycles. The van der Waals surface area contributed by atoms with Gasteiger partial charge in [-0.05, 0) is 35.4 Å². The van der Waals surface area contributed by atoms with Crippen molar-refractivity contribution in [3.63, 3.8) is 0 Å². The fraction of sp³-hybridized carbons (Fsp3) is 0.190. The van der Waals surface area contributed by atoms with Gasteiger partial charge in [-0.1, -0.05) is 60.7 Å². The highest BCUT2D eigenvalue weighted by Crippen LogP contribution is 2.24. The van der Waals surface area contributed by atoms with Gasteiger partial charge in [-0.15, -0.1) is 0 Å². The van der Waals surface area contributed by atoms with E-state index in [1.807, 2.05) is 0 Å². The Morgan fingerprint density at radius 2 is 1.14 bits per heavy atom. The molecule has 3 aromatic rings. The molecular weight excluding hydrogens is 266 g/mol. The van der Waals surface area contributed by atoms with Crippen LogP contribution < -0.4 is 4.57 Å². The number of benzene rings is 2. The molecule has 0 bridgehead atoms. The molecule has 0 aliphatic rings. The van der Waals surface area contributed by atoms with Crippen LogP contribution in [0.5, 0.6) is 0 Å². The first-order valence-corrected chi connectivity index (χ1v) is 7.84. The molecule has 0 N–H and O–H groups in total. The second-order valence-electron chi connectivity index (χ2n) is 5.87. The van der Waals surface area contributed by atoms with Gasteiger partial charge in [0, 0.05) is 12.1 Å². The van der Waals surface area contributed by atoms with E-state index in [0.717, 1.165) is 12.8 Å². The predicted molar refractivity (Wildman–Crippen MR) is 90.7 cm³/mol. The number of hydrogen-bond acceptors (Lipinski definition) is 0. The molecule has 0 spiro atoms. The molecule has 0 fully saturated rings. The molecule has 0 radical (unpaired) electrons. The summed E-state index contributed by atoms with van der Waals surface area (Å²) in [6.07, 6.45) is 6.42. The van der Waals surface area contributed by atoms with Crippen LogP contribution in [0.25, 0.3) is 0 Å². The number of aryl methyl sites for hydroxylation is 1. The fourth-order valence-corrected chi connectivity index (χ4v) is 2.89. The van der Waals surface area contributed by atoms with E-state index in [9.17, 15) is 0 Å². The zero-order chi connectivity index (χ0) is 15.2. The molecule has 0 atom stereocenters. The van der Waals surface area contributed by atoms with Crippen molar-refractivity contribution in [3.8, 4) is 0 Å². The molecule has 2 aromatic carbocycles. The van der Waals surface area contributed by atoms with E-state index >= 15 is 0 Å². The normalized spacial score (nSPS) is 10.8. The third-order valence-electron chi connectivity index (χ3n) is 4.13. The minimum atomic E-state index is 0.506. The Morgan fingerprint density at radius 1 is 0.682 bits per heavy atom. The number of nitrogens with zero attached hydrogens (tertiary/aromatic N) is 1. The van der Waals surface area contributed by atoms with Crippen molar-refractivity contribution >= 4 is 0 Å². The molecule has 1 nitrogen and oxygen atoms in total. The second-order valence-corrected chi connectivity index (χ2v) is 5.87. The smallest absolute Gasteiger partial charge is 0.168 e. The lowest BCUT2D eigenvalue weighted by Crippen LogP contribution is -2.26. The molecule has 0 saturated heterocycles. The molecule has 0 amide bonds. The standard InChI is InChI=1S/C21H22N/c1-22-14-12-20(13-15-22)21(16-18-8-4-2-5-9-18)17-19-10-6-3-7-11-19/h2-15,21H,16-17H2,1H3/q+1. The minimum absolute atomic E-state index is 0.506. The van der Waals surface area contributed by atoms with Crippen molar-refractivity contribution in [3.05, 3.63) is 102 Å². The van der Waals surface area contributed by atoms with Gasteiger partial charge in [0.15, 0.2) is 12.4 Å². The van der Waals surface area contributed by atoms with E-state index in [-0.39, 0.29) is 0 Å². The van der Waals surface area contributed by atoms with Gasteiger partial charge in [0.1, 0.15) is 7.05 Å². The van der Waals surface area contributed by atoms with E-state index < -0.39 is 0 Å². The molecule has 0 aliphatic heterocycles. The van der Waals surface area contributed by atoms with E-state index in [4.69, 9.17) is 0 Å². The molecule has 1 aromatic heterocycles. The monoisotopic (exact) mass is 288 g/mol. The van der Waals surface area contributed by atoms with Crippen LogP contribution in [-0.4, -0.2) is 0 Å². The average molecular weight is 288 g/mol. The van der Waals surface area contributed by atoms with Gasteiger partial charge in [0.05, 0.1) is 0 Å². The van der Waals surface area contributed by atoms with Crippen molar-refractivity contribution in [1.29, 1.82) is 0 Å². The summed E-state index contributed by atoms with van der Waals surface area (Å²) in [5, 5.41) is 0. The van der Waals surface area contributed by atoms with Crippen LogP contribution in [0.1, 0.15) is 22.6 Å². The Labute approximate surface area is 132 Å². The highest BCUT2D eigenvalue weighted by Gasteiger charge is 2.14. The first-order chi connectivity index (χ1) is 10.8. The Hall–Kier alpha value is -2.41. The van der Waals surface area contributed by atoms with Crippen LogP contribution in [0.4, 0.5) is 0 Å². The zero-order valence-corrected chi connectivity index (χ0v) is 13.0. The lowest BCUT2D eigenvalue weighted by atomic mass is 9.87. The zero-order valence-electron chi connectivity index (χ0n) is 13.0. The number of hydrogen-bond donors (Lipinski definition) is 0. The van der Waals surface area contributed by atoms with Crippen LogP contribution >= 0.6 is 0 Å². The summed E-state index contributed by atoms with van der Waals surface area (Å²) >= 11 is 0. The molecule has 1 heteroatoms. The van der Waals surface area contributed by atoms with Crippen LogP contribution in [-0.2, 0) is 19.9 Å². The highest BCUT2D eigenvalue weighted by molar-refractivity contribution is 5.25. The molecule has 0 aliphatic carbocycles. The molecule has 22 heavy (non-hydrogen) atoms. The van der Waals surface area contributed by atoms with Crippen molar-refractivity contribution in [2.45, 2.75) is 18.8 Å². The maximum Gasteiger partial charge on any atom is 0.168 e. The molecule has 3 rings (SSSR count). The molecule has 1 heterocycles. The van der Waals surface area contributed by atoms with Gasteiger partial charge in [0.2, 0.25) is 0 Å². The van der Waals surface area contributed by atoms with Crippen LogP contribution in [0.15, 0.2) is 85.2 Å². The van der Waals surface area contributed by atoms with Gasteiger partial charge >= 0.3 is 0 Å².